The number of fused-ring (bicyclic) bond motifs is 2. The zero-order valence-electron chi connectivity index (χ0n) is 27.4. The first-order valence-electron chi connectivity index (χ1n) is 17.0. The number of amides is 1. The maximum atomic E-state index is 13.0. The van der Waals surface area contributed by atoms with Crippen LogP contribution in [0, 0.1) is 23.7 Å². The number of methoxy groups -OCH3 is 2. The van der Waals surface area contributed by atoms with E-state index in [1.54, 1.807) is 14.2 Å². The second kappa shape index (κ2) is 16.4. The molecule has 2 aromatic rings. The van der Waals surface area contributed by atoms with Crippen molar-refractivity contribution in [1.29, 1.82) is 0 Å². The van der Waals surface area contributed by atoms with Crippen molar-refractivity contribution in [1.82, 2.24) is 10.6 Å². The van der Waals surface area contributed by atoms with Crippen LogP contribution >= 0.6 is 0 Å². The molecule has 46 heavy (non-hydrogen) atoms. The van der Waals surface area contributed by atoms with Crippen molar-refractivity contribution >= 4 is 11.6 Å². The summed E-state index contributed by atoms with van der Waals surface area (Å²) in [5.74, 6) is 3.05. The Morgan fingerprint density at radius 2 is 1.78 bits per heavy atom. The van der Waals surface area contributed by atoms with Crippen molar-refractivity contribution in [2.45, 2.75) is 38.1 Å². The van der Waals surface area contributed by atoms with E-state index in [9.17, 15) is 4.79 Å². The molecule has 6 rings (SSSR count). The van der Waals surface area contributed by atoms with E-state index >= 15 is 0 Å². The molecule has 1 amide bonds. The average Bonchev–Trinajstić information content (AvgIpc) is 3.47. The minimum Gasteiger partial charge on any atom is -0.490 e. The lowest BCUT2D eigenvalue weighted by molar-refractivity contribution is -0.122. The minimum atomic E-state index is -0.0514. The van der Waals surface area contributed by atoms with Gasteiger partial charge in [0, 0.05) is 59.3 Å². The van der Waals surface area contributed by atoms with Gasteiger partial charge >= 0.3 is 0 Å². The van der Waals surface area contributed by atoms with Gasteiger partial charge in [-0.15, -0.1) is 0 Å². The molecule has 0 aromatic heterocycles. The predicted molar refractivity (Wildman–Crippen MR) is 175 cm³/mol. The lowest BCUT2D eigenvalue weighted by atomic mass is 9.78. The smallest absolute Gasteiger partial charge is 0.220 e. The lowest BCUT2D eigenvalue weighted by Crippen LogP contribution is -2.50. The second-order valence-corrected chi connectivity index (χ2v) is 13.1. The van der Waals surface area contributed by atoms with Crippen LogP contribution in [0.2, 0.25) is 0 Å². The summed E-state index contributed by atoms with van der Waals surface area (Å²) in [6, 6.07) is 15.1. The zero-order valence-corrected chi connectivity index (χ0v) is 27.4. The van der Waals surface area contributed by atoms with Crippen molar-refractivity contribution in [3.05, 3.63) is 59.2 Å². The molecule has 3 heterocycles. The summed E-state index contributed by atoms with van der Waals surface area (Å²) >= 11 is 0. The van der Waals surface area contributed by atoms with Gasteiger partial charge in [-0.2, -0.15) is 0 Å². The van der Waals surface area contributed by atoms with Gasteiger partial charge in [-0.25, -0.2) is 0 Å². The van der Waals surface area contributed by atoms with Crippen LogP contribution in [0.1, 0.15) is 35.4 Å². The van der Waals surface area contributed by atoms with Gasteiger partial charge in [0.15, 0.2) is 0 Å². The van der Waals surface area contributed by atoms with Gasteiger partial charge in [-0.05, 0) is 58.9 Å². The lowest BCUT2D eigenvalue weighted by Gasteiger charge is -2.39. The Morgan fingerprint density at radius 3 is 2.59 bits per heavy atom. The predicted octanol–water partition coefficient (Wildman–Crippen LogP) is 3.37. The largest absolute Gasteiger partial charge is 0.490 e. The van der Waals surface area contributed by atoms with E-state index in [4.69, 9.17) is 28.4 Å². The molecular formula is C36H51N3O7. The summed E-state index contributed by atoms with van der Waals surface area (Å²) in [5.41, 5.74) is 4.60. The van der Waals surface area contributed by atoms with E-state index in [1.807, 2.05) is 0 Å². The van der Waals surface area contributed by atoms with Gasteiger partial charge in [-0.3, -0.25) is 4.79 Å². The number of piperidine rings is 1. The van der Waals surface area contributed by atoms with Crippen molar-refractivity contribution in [3.8, 4) is 5.75 Å². The van der Waals surface area contributed by atoms with Crippen molar-refractivity contribution < 1.29 is 33.2 Å². The molecule has 10 heteroatoms. The quantitative estimate of drug-likeness (QED) is 0.253. The highest BCUT2D eigenvalue weighted by molar-refractivity contribution is 5.76. The zero-order chi connectivity index (χ0) is 31.7. The number of hydrogen-bond donors (Lipinski definition) is 2. The van der Waals surface area contributed by atoms with E-state index in [-0.39, 0.29) is 23.8 Å². The summed E-state index contributed by atoms with van der Waals surface area (Å²) in [7, 11) is 3.43. The molecule has 0 bridgehead atoms. The Labute approximate surface area is 273 Å². The number of carbonyl (C=O) groups is 1. The average molecular weight is 638 g/mol. The van der Waals surface area contributed by atoms with E-state index in [1.165, 1.54) is 5.56 Å². The maximum Gasteiger partial charge on any atom is 0.220 e. The monoisotopic (exact) mass is 637 g/mol. The highest BCUT2D eigenvalue weighted by atomic mass is 16.5. The SMILES string of the molecule is COCCCN1CCOc2ccc(CO[C@H]3CNC[C@@H](CNC(=O)C[C@@H]4[C@@H]5COC[C@@H]54)[C@@H]3c3ccc(COCCOC)cc3)cc21. The maximum absolute atomic E-state index is 13.0. The minimum absolute atomic E-state index is 0.0514. The molecule has 252 valence electrons. The Bertz CT molecular complexity index is 1250. The molecule has 1 aliphatic carbocycles. The second-order valence-electron chi connectivity index (χ2n) is 13.1. The van der Waals surface area contributed by atoms with Gasteiger partial charge in [-0.1, -0.05) is 30.3 Å². The summed E-state index contributed by atoms with van der Waals surface area (Å²) in [4.78, 5) is 15.4. The molecule has 2 saturated heterocycles. The van der Waals surface area contributed by atoms with Gasteiger partial charge in [0.05, 0.1) is 58.0 Å². The number of hydrogen-bond acceptors (Lipinski definition) is 9. The molecule has 10 nitrogen and oxygen atoms in total. The fraction of sp³-hybridized carbons (Fsp3) is 0.639. The molecule has 4 aliphatic rings. The molecule has 0 spiro atoms. The van der Waals surface area contributed by atoms with Crippen molar-refractivity contribution in [3.63, 3.8) is 0 Å². The number of benzene rings is 2. The summed E-state index contributed by atoms with van der Waals surface area (Å²) < 4.78 is 34.3. The Hall–Kier alpha value is -2.73. The van der Waals surface area contributed by atoms with Crippen molar-refractivity contribution in [2.24, 2.45) is 23.7 Å². The Balaban J connectivity index is 1.12. The van der Waals surface area contributed by atoms with E-state index in [2.05, 4.69) is 58.0 Å². The fourth-order valence-corrected chi connectivity index (χ4v) is 7.42. The summed E-state index contributed by atoms with van der Waals surface area (Å²) in [6.07, 6.45) is 1.52. The molecule has 3 aliphatic heterocycles. The molecule has 2 aromatic carbocycles. The van der Waals surface area contributed by atoms with Gasteiger partial charge < -0.3 is 44.0 Å². The Kier molecular flexibility index (Phi) is 11.8. The molecule has 0 unspecified atom stereocenters. The van der Waals surface area contributed by atoms with E-state index < -0.39 is 0 Å². The fourth-order valence-electron chi connectivity index (χ4n) is 7.42. The van der Waals surface area contributed by atoms with Crippen LogP contribution < -0.4 is 20.3 Å². The van der Waals surface area contributed by atoms with Crippen LogP contribution in [0.4, 0.5) is 5.69 Å². The van der Waals surface area contributed by atoms with Gasteiger partial charge in [0.2, 0.25) is 5.91 Å². The first-order valence-corrected chi connectivity index (χ1v) is 17.0. The standard InChI is InChI=1S/C36H51N3O7/c1-41-12-3-10-39-11-13-45-33-9-6-26(16-32(33)39)22-46-34-20-37-18-28(19-38-35(40)17-29-30-23-44-24-31(29)30)36(34)27-7-4-25(5-8-27)21-43-15-14-42-2/h4-9,16,28-31,34,36-37H,3,10-15,17-24H2,1-2H3,(H,38,40)/t28-,29-,30+,31-,34-,36-/m0/s1. The van der Waals surface area contributed by atoms with Crippen LogP contribution in [-0.4, -0.2) is 98.6 Å². The Morgan fingerprint density at radius 1 is 0.978 bits per heavy atom. The number of rotatable bonds is 17. The molecule has 0 radical (unpaired) electrons. The van der Waals surface area contributed by atoms with Gasteiger partial charge in [0.25, 0.3) is 0 Å². The molecule has 1 saturated carbocycles. The first-order chi connectivity index (χ1) is 22.6. The van der Waals surface area contributed by atoms with Crippen LogP contribution in [-0.2, 0) is 41.7 Å². The molecule has 3 fully saturated rings. The van der Waals surface area contributed by atoms with Crippen molar-refractivity contribution in [2.75, 3.05) is 91.5 Å². The normalized spacial score (nSPS) is 26.7. The first kappa shape index (κ1) is 33.2. The third-order valence-corrected chi connectivity index (χ3v) is 10.1. The highest BCUT2D eigenvalue weighted by Crippen LogP contribution is 2.52. The third-order valence-electron chi connectivity index (χ3n) is 10.1. The number of anilines is 1. The molecule has 6 atom stereocenters. The molecule has 2 N–H and O–H groups in total. The highest BCUT2D eigenvalue weighted by Gasteiger charge is 2.54. The third kappa shape index (κ3) is 8.40. The van der Waals surface area contributed by atoms with Crippen LogP contribution in [0.25, 0.3) is 0 Å². The number of ether oxygens (including phenoxy) is 6. The van der Waals surface area contributed by atoms with Gasteiger partial charge in [0.1, 0.15) is 12.4 Å². The summed E-state index contributed by atoms with van der Waals surface area (Å²) in [6.45, 7) is 9.24. The van der Waals surface area contributed by atoms with Crippen LogP contribution in [0.5, 0.6) is 5.75 Å². The summed E-state index contributed by atoms with van der Waals surface area (Å²) in [5, 5.41) is 6.89. The number of carbonyl (C=O) groups excluding carboxylic acids is 1. The van der Waals surface area contributed by atoms with E-state index in [0.29, 0.717) is 63.8 Å². The van der Waals surface area contributed by atoms with E-state index in [0.717, 1.165) is 75.0 Å². The van der Waals surface area contributed by atoms with Crippen LogP contribution in [0.3, 0.4) is 0 Å². The van der Waals surface area contributed by atoms with Crippen LogP contribution in [0.15, 0.2) is 42.5 Å². The number of nitrogens with one attached hydrogen (secondary N) is 2. The number of nitrogens with zero attached hydrogens (tertiary/aromatic N) is 1. The topological polar surface area (TPSA) is 99.8 Å². The molecular weight excluding hydrogens is 586 g/mol.